The predicted molar refractivity (Wildman–Crippen MR) is 46.8 cm³/mol. The zero-order valence-electron chi connectivity index (χ0n) is 7.45. The van der Waals surface area contributed by atoms with E-state index >= 15 is 0 Å². The first kappa shape index (κ1) is 9.29. The Hall–Kier alpha value is -0.800. The predicted octanol–water partition coefficient (Wildman–Crippen LogP) is 1.31. The van der Waals surface area contributed by atoms with Crippen LogP contribution in [0.3, 0.4) is 0 Å². The molecule has 12 heavy (non-hydrogen) atoms. The molecule has 0 spiro atoms. The van der Waals surface area contributed by atoms with Gasteiger partial charge in [-0.1, -0.05) is 0 Å². The quantitative estimate of drug-likeness (QED) is 0.714. The van der Waals surface area contributed by atoms with Gasteiger partial charge in [-0.3, -0.25) is 0 Å². The van der Waals surface area contributed by atoms with E-state index in [4.69, 9.17) is 9.52 Å². The minimum atomic E-state index is 0.102. The van der Waals surface area contributed by atoms with Gasteiger partial charge in [0.25, 0.3) is 0 Å². The molecule has 3 nitrogen and oxygen atoms in total. The number of hydrogen-bond acceptors (Lipinski definition) is 3. The molecule has 0 saturated carbocycles. The summed E-state index contributed by atoms with van der Waals surface area (Å²) in [7, 11) is 0. The Morgan fingerprint density at radius 2 is 2.33 bits per heavy atom. The molecule has 1 aromatic heterocycles. The number of aliphatic hydroxyl groups is 1. The summed E-state index contributed by atoms with van der Waals surface area (Å²) in [4.78, 5) is 0. The van der Waals surface area contributed by atoms with Crippen molar-refractivity contribution in [2.24, 2.45) is 0 Å². The van der Waals surface area contributed by atoms with Crippen LogP contribution in [0.25, 0.3) is 0 Å². The largest absolute Gasteiger partial charge is 0.468 e. The molecule has 0 radical (unpaired) electrons. The first-order valence-electron chi connectivity index (χ1n) is 4.14. The van der Waals surface area contributed by atoms with Crippen molar-refractivity contribution < 1.29 is 9.52 Å². The van der Waals surface area contributed by atoms with Crippen molar-refractivity contribution >= 4 is 0 Å². The summed E-state index contributed by atoms with van der Waals surface area (Å²) in [6, 6.07) is 4.03. The highest BCUT2D eigenvalue weighted by atomic mass is 16.3. The topological polar surface area (TPSA) is 45.4 Å². The molecule has 3 heteroatoms. The molecule has 0 saturated heterocycles. The van der Waals surface area contributed by atoms with Gasteiger partial charge >= 0.3 is 0 Å². The molecule has 1 aromatic rings. The van der Waals surface area contributed by atoms with E-state index in [0.29, 0.717) is 0 Å². The zero-order chi connectivity index (χ0) is 8.97. The van der Waals surface area contributed by atoms with Gasteiger partial charge in [0.15, 0.2) is 0 Å². The second kappa shape index (κ2) is 4.28. The summed E-state index contributed by atoms with van der Waals surface area (Å²) < 4.78 is 5.20. The molecule has 0 fully saturated rings. The number of hydrogen-bond donors (Lipinski definition) is 2. The van der Waals surface area contributed by atoms with Crippen molar-refractivity contribution in [1.82, 2.24) is 5.32 Å². The van der Waals surface area contributed by atoms with E-state index in [1.54, 1.807) is 6.26 Å². The highest BCUT2D eigenvalue weighted by Crippen LogP contribution is 2.12. The number of nitrogens with one attached hydrogen (secondary N) is 1. The maximum atomic E-state index is 8.79. The molecule has 0 aliphatic rings. The molecule has 2 N–H and O–H groups in total. The van der Waals surface area contributed by atoms with E-state index in [1.807, 2.05) is 26.0 Å². The molecule has 0 amide bonds. The monoisotopic (exact) mass is 169 g/mol. The Balaban J connectivity index is 2.44. The molecule has 0 bridgehead atoms. The van der Waals surface area contributed by atoms with Crippen LogP contribution in [0.15, 0.2) is 22.8 Å². The van der Waals surface area contributed by atoms with Crippen LogP contribution in [0.4, 0.5) is 0 Å². The summed E-state index contributed by atoms with van der Waals surface area (Å²) in [5.41, 5.74) is 0. The lowest BCUT2D eigenvalue weighted by atomic mass is 10.2. The van der Waals surface area contributed by atoms with Crippen molar-refractivity contribution in [2.45, 2.75) is 25.9 Å². The lowest BCUT2D eigenvalue weighted by molar-refractivity contribution is 0.238. The van der Waals surface area contributed by atoms with Gasteiger partial charge in [0.2, 0.25) is 0 Å². The van der Waals surface area contributed by atoms with E-state index in [-0.39, 0.29) is 18.7 Å². The van der Waals surface area contributed by atoms with Crippen LogP contribution in [0.5, 0.6) is 0 Å². The van der Waals surface area contributed by atoms with Crippen molar-refractivity contribution in [3.63, 3.8) is 0 Å². The Kier molecular flexibility index (Phi) is 3.31. The molecule has 0 aliphatic carbocycles. The molecular formula is C9H15NO2. The third-order valence-corrected chi connectivity index (χ3v) is 1.78. The van der Waals surface area contributed by atoms with Crippen LogP contribution in [0, 0.1) is 0 Å². The highest BCUT2D eigenvalue weighted by molar-refractivity contribution is 5.03. The minimum Gasteiger partial charge on any atom is -0.468 e. The van der Waals surface area contributed by atoms with E-state index in [1.165, 1.54) is 0 Å². The second-order valence-corrected chi connectivity index (χ2v) is 2.99. The first-order chi connectivity index (χ1) is 5.74. The van der Waals surface area contributed by atoms with Crippen molar-refractivity contribution in [1.29, 1.82) is 0 Å². The average molecular weight is 169 g/mol. The Morgan fingerprint density at radius 1 is 1.58 bits per heavy atom. The SMILES string of the molecule is C[C@H](N[C@@H](C)CO)c1ccco1. The Bertz CT molecular complexity index is 208. The van der Waals surface area contributed by atoms with Crippen LogP contribution < -0.4 is 5.32 Å². The van der Waals surface area contributed by atoms with Gasteiger partial charge in [-0.15, -0.1) is 0 Å². The summed E-state index contributed by atoms with van der Waals surface area (Å²) >= 11 is 0. The van der Waals surface area contributed by atoms with Crippen LogP contribution >= 0.6 is 0 Å². The minimum absolute atomic E-state index is 0.102. The van der Waals surface area contributed by atoms with E-state index < -0.39 is 0 Å². The highest BCUT2D eigenvalue weighted by Gasteiger charge is 2.09. The molecule has 0 unspecified atom stereocenters. The van der Waals surface area contributed by atoms with Gasteiger partial charge in [0.05, 0.1) is 18.9 Å². The van der Waals surface area contributed by atoms with Crippen molar-refractivity contribution in [2.75, 3.05) is 6.61 Å². The van der Waals surface area contributed by atoms with Gasteiger partial charge in [-0.2, -0.15) is 0 Å². The van der Waals surface area contributed by atoms with Gasteiger partial charge in [0, 0.05) is 6.04 Å². The summed E-state index contributed by atoms with van der Waals surface area (Å²) in [5, 5.41) is 12.0. The van der Waals surface area contributed by atoms with Gasteiger partial charge in [-0.25, -0.2) is 0 Å². The van der Waals surface area contributed by atoms with Crippen LogP contribution in [0.1, 0.15) is 25.6 Å². The second-order valence-electron chi connectivity index (χ2n) is 2.99. The van der Waals surface area contributed by atoms with Crippen molar-refractivity contribution in [3.8, 4) is 0 Å². The molecule has 2 atom stereocenters. The third kappa shape index (κ3) is 2.36. The number of furan rings is 1. The molecule has 68 valence electrons. The molecule has 1 rings (SSSR count). The lowest BCUT2D eigenvalue weighted by Gasteiger charge is -2.15. The van der Waals surface area contributed by atoms with E-state index in [9.17, 15) is 0 Å². The molecule has 1 heterocycles. The number of rotatable bonds is 4. The fourth-order valence-corrected chi connectivity index (χ4v) is 1.10. The maximum absolute atomic E-state index is 8.79. The van der Waals surface area contributed by atoms with Gasteiger partial charge in [-0.05, 0) is 26.0 Å². The summed E-state index contributed by atoms with van der Waals surface area (Å²) in [6.45, 7) is 4.08. The molecule has 0 aromatic carbocycles. The van der Waals surface area contributed by atoms with Crippen molar-refractivity contribution in [3.05, 3.63) is 24.2 Å². The van der Waals surface area contributed by atoms with Crippen LogP contribution in [-0.2, 0) is 0 Å². The lowest BCUT2D eigenvalue weighted by Crippen LogP contribution is -2.31. The zero-order valence-corrected chi connectivity index (χ0v) is 7.45. The third-order valence-electron chi connectivity index (χ3n) is 1.78. The summed E-state index contributed by atoms with van der Waals surface area (Å²) in [6.07, 6.45) is 1.65. The molecule has 0 aliphatic heterocycles. The standard InChI is InChI=1S/C9H15NO2/c1-7(6-11)10-8(2)9-4-3-5-12-9/h3-5,7-8,10-11H,6H2,1-2H3/t7-,8-/m0/s1. The fourth-order valence-electron chi connectivity index (χ4n) is 1.10. The first-order valence-corrected chi connectivity index (χ1v) is 4.14. The van der Waals surface area contributed by atoms with Gasteiger partial charge in [0.1, 0.15) is 5.76 Å². The Labute approximate surface area is 72.4 Å². The normalized spacial score (nSPS) is 15.9. The fraction of sp³-hybridized carbons (Fsp3) is 0.556. The maximum Gasteiger partial charge on any atom is 0.120 e. The summed E-state index contributed by atoms with van der Waals surface area (Å²) in [5.74, 6) is 0.898. The molecular weight excluding hydrogens is 154 g/mol. The van der Waals surface area contributed by atoms with Crippen LogP contribution in [-0.4, -0.2) is 17.8 Å². The van der Waals surface area contributed by atoms with Crippen LogP contribution in [0.2, 0.25) is 0 Å². The Morgan fingerprint density at radius 3 is 2.83 bits per heavy atom. The van der Waals surface area contributed by atoms with Gasteiger partial charge < -0.3 is 14.8 Å². The number of aliphatic hydroxyl groups excluding tert-OH is 1. The van der Waals surface area contributed by atoms with E-state index in [2.05, 4.69) is 5.32 Å². The smallest absolute Gasteiger partial charge is 0.120 e. The van der Waals surface area contributed by atoms with E-state index in [0.717, 1.165) is 5.76 Å². The average Bonchev–Trinajstić information content (AvgIpc) is 2.56.